The Balaban J connectivity index is 2.30. The third-order valence-corrected chi connectivity index (χ3v) is 5.72. The Morgan fingerprint density at radius 3 is 2.25 bits per heavy atom. The summed E-state index contributed by atoms with van der Waals surface area (Å²) in [6, 6.07) is 12.4. The molecule has 0 radical (unpaired) electrons. The summed E-state index contributed by atoms with van der Waals surface area (Å²) < 4.78 is 74.3. The van der Waals surface area contributed by atoms with Crippen molar-refractivity contribution in [2.75, 3.05) is 7.11 Å². The minimum Gasteiger partial charge on any atom is -0.467 e. The quantitative estimate of drug-likeness (QED) is 0.631. The van der Waals surface area contributed by atoms with Crippen LogP contribution in [0.1, 0.15) is 5.56 Å². The number of benzene rings is 2. The number of hydrogen-bond acceptors (Lipinski definition) is 4. The summed E-state index contributed by atoms with van der Waals surface area (Å²) in [5.41, 5.74) is -3.95. The zero-order valence-corrected chi connectivity index (χ0v) is 15.3. The van der Waals surface area contributed by atoms with Crippen LogP contribution in [0.4, 0.5) is 13.2 Å². The van der Waals surface area contributed by atoms with Gasteiger partial charge in [-0.15, -0.1) is 0 Å². The predicted molar refractivity (Wildman–Crippen MR) is 94.8 cm³/mol. The van der Waals surface area contributed by atoms with E-state index in [0.29, 0.717) is 5.52 Å². The van der Waals surface area contributed by atoms with Gasteiger partial charge in [0.05, 0.1) is 12.0 Å². The molecule has 1 atom stereocenters. The van der Waals surface area contributed by atoms with Crippen molar-refractivity contribution >= 4 is 26.9 Å². The Bertz CT molecular complexity index is 1110. The lowest BCUT2D eigenvalue weighted by atomic mass is 9.90. The minimum absolute atomic E-state index is 0.0287. The molecule has 1 unspecified atom stereocenters. The van der Waals surface area contributed by atoms with E-state index in [1.165, 1.54) is 36.4 Å². The average Bonchev–Trinajstić information content (AvgIpc) is 3.09. The van der Waals surface area contributed by atoms with Crippen molar-refractivity contribution < 1.29 is 31.1 Å². The number of carbonyl (C=O) groups excluding carboxylic acids is 1. The van der Waals surface area contributed by atoms with Crippen LogP contribution in [-0.2, 0) is 25.1 Å². The summed E-state index contributed by atoms with van der Waals surface area (Å²) in [7, 11) is -3.98. The Morgan fingerprint density at radius 1 is 1.04 bits per heavy atom. The van der Waals surface area contributed by atoms with Crippen molar-refractivity contribution in [3.63, 3.8) is 0 Å². The first-order chi connectivity index (χ1) is 13.1. The van der Waals surface area contributed by atoms with Gasteiger partial charge in [0.2, 0.25) is 10.0 Å². The highest BCUT2D eigenvalue weighted by atomic mass is 32.2. The number of ether oxygens (including phenoxy) is 1. The third-order valence-electron chi connectivity index (χ3n) is 4.25. The first-order valence-corrected chi connectivity index (χ1v) is 9.42. The molecule has 0 bridgehead atoms. The number of halogens is 3. The molecule has 0 fully saturated rings. The highest BCUT2D eigenvalue weighted by molar-refractivity contribution is 7.89. The molecule has 0 spiro atoms. The smallest absolute Gasteiger partial charge is 0.422 e. The lowest BCUT2D eigenvalue weighted by molar-refractivity contribution is -0.210. The van der Waals surface area contributed by atoms with Crippen molar-refractivity contribution in [2.45, 2.75) is 16.6 Å². The topological polar surface area (TPSA) is 88.3 Å². The number of rotatable bonds is 5. The van der Waals surface area contributed by atoms with Gasteiger partial charge >= 0.3 is 12.1 Å². The number of methoxy groups -OCH3 is 1. The number of aromatic nitrogens is 1. The predicted octanol–water partition coefficient (Wildman–Crippen LogP) is 3.08. The summed E-state index contributed by atoms with van der Waals surface area (Å²) in [4.78, 5) is 14.7. The fraction of sp³-hybridized carbons (Fsp3) is 0.167. The SMILES string of the molecule is COC(=O)C(NS(=O)(=O)c1ccccc1)(c1c[nH]c2ccccc12)C(F)(F)F. The van der Waals surface area contributed by atoms with Gasteiger partial charge in [0.25, 0.3) is 5.54 Å². The molecule has 0 saturated heterocycles. The van der Waals surface area contributed by atoms with Gasteiger partial charge in [-0.1, -0.05) is 36.4 Å². The molecule has 1 heterocycles. The van der Waals surface area contributed by atoms with Gasteiger partial charge in [-0.2, -0.15) is 17.9 Å². The number of carbonyl (C=O) groups is 1. The second-order valence-electron chi connectivity index (χ2n) is 5.91. The average molecular weight is 412 g/mol. The largest absolute Gasteiger partial charge is 0.467 e. The number of H-pyrrole nitrogens is 1. The molecule has 0 saturated carbocycles. The van der Waals surface area contributed by atoms with E-state index < -0.39 is 38.2 Å². The molecule has 148 valence electrons. The fourth-order valence-corrected chi connectivity index (χ4v) is 4.27. The lowest BCUT2D eigenvalue weighted by Crippen LogP contribution is -2.61. The highest BCUT2D eigenvalue weighted by Crippen LogP contribution is 2.44. The maximum atomic E-state index is 14.3. The molecule has 10 heteroatoms. The van der Waals surface area contributed by atoms with E-state index in [2.05, 4.69) is 9.72 Å². The molecular weight excluding hydrogens is 397 g/mol. The molecule has 0 aliphatic rings. The van der Waals surface area contributed by atoms with E-state index >= 15 is 0 Å². The van der Waals surface area contributed by atoms with Crippen molar-refractivity contribution in [3.8, 4) is 0 Å². The van der Waals surface area contributed by atoms with Gasteiger partial charge < -0.3 is 9.72 Å². The first kappa shape index (κ1) is 19.9. The Kier molecular flexibility index (Phi) is 4.94. The normalized spacial score (nSPS) is 14.6. The number of sulfonamides is 1. The van der Waals surface area contributed by atoms with Gasteiger partial charge in [-0.25, -0.2) is 13.2 Å². The van der Waals surface area contributed by atoms with Crippen LogP contribution in [0.25, 0.3) is 10.9 Å². The molecular formula is C18H15F3N2O4S. The summed E-state index contributed by atoms with van der Waals surface area (Å²) in [5.74, 6) is -1.80. The van der Waals surface area contributed by atoms with Crippen molar-refractivity contribution in [3.05, 3.63) is 66.4 Å². The van der Waals surface area contributed by atoms with Gasteiger partial charge in [-0.3, -0.25) is 0 Å². The second-order valence-corrected chi connectivity index (χ2v) is 7.59. The number of alkyl halides is 3. The molecule has 0 amide bonds. The van der Waals surface area contributed by atoms with E-state index in [1.807, 2.05) is 0 Å². The number of fused-ring (bicyclic) bond motifs is 1. The summed E-state index contributed by atoms with van der Waals surface area (Å²) in [5, 5.41) is 0.0287. The Morgan fingerprint density at radius 2 is 1.64 bits per heavy atom. The first-order valence-electron chi connectivity index (χ1n) is 7.94. The van der Waals surface area contributed by atoms with Crippen molar-refractivity contribution in [1.29, 1.82) is 0 Å². The van der Waals surface area contributed by atoms with Crippen LogP contribution in [-0.4, -0.2) is 32.7 Å². The van der Waals surface area contributed by atoms with E-state index in [1.54, 1.807) is 10.8 Å². The Labute approximate surface area is 158 Å². The molecule has 6 nitrogen and oxygen atoms in total. The fourth-order valence-electron chi connectivity index (χ4n) is 2.93. The van der Waals surface area contributed by atoms with Crippen LogP contribution in [0, 0.1) is 0 Å². The van der Waals surface area contributed by atoms with Crippen LogP contribution in [0.2, 0.25) is 0 Å². The van der Waals surface area contributed by atoms with Gasteiger partial charge in [0.15, 0.2) is 0 Å². The van der Waals surface area contributed by atoms with Crippen LogP contribution < -0.4 is 4.72 Å². The van der Waals surface area contributed by atoms with Crippen LogP contribution >= 0.6 is 0 Å². The second kappa shape index (κ2) is 6.95. The van der Waals surface area contributed by atoms with Crippen LogP contribution in [0.3, 0.4) is 0 Å². The highest BCUT2D eigenvalue weighted by Gasteiger charge is 2.65. The molecule has 2 N–H and O–H groups in total. The number of para-hydroxylation sites is 1. The summed E-state index contributed by atoms with van der Waals surface area (Å²) >= 11 is 0. The summed E-state index contributed by atoms with van der Waals surface area (Å²) in [6.07, 6.45) is -4.39. The van der Waals surface area contributed by atoms with Gasteiger partial charge in [0.1, 0.15) is 0 Å². The van der Waals surface area contributed by atoms with E-state index in [4.69, 9.17) is 0 Å². The number of esters is 1. The van der Waals surface area contributed by atoms with Crippen molar-refractivity contribution in [1.82, 2.24) is 9.71 Å². The summed E-state index contributed by atoms with van der Waals surface area (Å²) in [6.45, 7) is 0. The van der Waals surface area contributed by atoms with E-state index in [-0.39, 0.29) is 5.39 Å². The van der Waals surface area contributed by atoms with Gasteiger partial charge in [-0.05, 0) is 18.2 Å². The van der Waals surface area contributed by atoms with Gasteiger partial charge in [0, 0.05) is 22.7 Å². The Hall–Kier alpha value is -2.85. The lowest BCUT2D eigenvalue weighted by Gasteiger charge is -2.33. The molecule has 1 aromatic heterocycles. The standard InChI is InChI=1S/C18H15F3N2O4S/c1-27-16(24)17(18(19,20)21,14-11-22-15-10-6-5-9-13(14)15)23-28(25,26)12-7-3-2-4-8-12/h2-11,22-23H,1H3. The maximum Gasteiger partial charge on any atom is 0.422 e. The number of hydrogen-bond donors (Lipinski definition) is 2. The molecule has 0 aliphatic heterocycles. The molecule has 2 aromatic carbocycles. The van der Waals surface area contributed by atoms with E-state index in [9.17, 15) is 26.4 Å². The minimum atomic E-state index is -5.34. The zero-order chi connectivity index (χ0) is 20.6. The number of aromatic amines is 1. The maximum absolute atomic E-state index is 14.3. The van der Waals surface area contributed by atoms with Crippen LogP contribution in [0.5, 0.6) is 0 Å². The van der Waals surface area contributed by atoms with Crippen molar-refractivity contribution in [2.24, 2.45) is 0 Å². The van der Waals surface area contributed by atoms with Crippen LogP contribution in [0.15, 0.2) is 65.7 Å². The third kappa shape index (κ3) is 3.14. The zero-order valence-electron chi connectivity index (χ0n) is 14.4. The monoisotopic (exact) mass is 412 g/mol. The molecule has 0 aliphatic carbocycles. The number of nitrogens with one attached hydrogen (secondary N) is 2. The molecule has 3 aromatic rings. The van der Waals surface area contributed by atoms with E-state index in [0.717, 1.165) is 25.4 Å². The molecule has 3 rings (SSSR count). The molecule has 28 heavy (non-hydrogen) atoms.